The molecule has 2 heterocycles. The van der Waals surface area contributed by atoms with Crippen molar-refractivity contribution in [3.05, 3.63) is 84.1 Å². The van der Waals surface area contributed by atoms with Gasteiger partial charge in [0.25, 0.3) is 0 Å². The van der Waals surface area contributed by atoms with Crippen molar-refractivity contribution >= 4 is 17.6 Å². The number of carboxylic acid groups (broad SMARTS) is 1. The van der Waals surface area contributed by atoms with Crippen LogP contribution in [-0.4, -0.2) is 35.4 Å². The molecule has 1 aliphatic heterocycles. The van der Waals surface area contributed by atoms with Crippen molar-refractivity contribution in [3.63, 3.8) is 0 Å². The van der Waals surface area contributed by atoms with Crippen molar-refractivity contribution < 1.29 is 14.6 Å². The first-order valence-corrected chi connectivity index (χ1v) is 10.5. The summed E-state index contributed by atoms with van der Waals surface area (Å²) in [7, 11) is 0. The monoisotopic (exact) mass is 428 g/mol. The molecule has 7 heteroatoms. The first kappa shape index (κ1) is 21.2. The lowest BCUT2D eigenvalue weighted by Gasteiger charge is -2.33. The van der Waals surface area contributed by atoms with Gasteiger partial charge in [0.2, 0.25) is 0 Å². The minimum Gasteiger partial charge on any atom is -0.489 e. The van der Waals surface area contributed by atoms with Gasteiger partial charge in [0, 0.05) is 25.9 Å². The molecule has 0 radical (unpaired) electrons. The van der Waals surface area contributed by atoms with Gasteiger partial charge in [-0.3, -0.25) is 4.90 Å². The number of rotatable bonds is 6. The van der Waals surface area contributed by atoms with Crippen LogP contribution < -0.4 is 14.5 Å². The highest BCUT2D eigenvalue weighted by Crippen LogP contribution is 2.26. The Bertz CT molecular complexity index is 1090. The molecule has 1 aromatic heterocycles. The van der Waals surface area contributed by atoms with E-state index < -0.39 is 6.09 Å². The third-order valence-electron chi connectivity index (χ3n) is 5.53. The van der Waals surface area contributed by atoms with Crippen molar-refractivity contribution in [2.75, 3.05) is 22.9 Å². The average Bonchev–Trinajstić information content (AvgIpc) is 2.84. The van der Waals surface area contributed by atoms with Crippen LogP contribution in [0.25, 0.3) is 0 Å². The van der Waals surface area contributed by atoms with Gasteiger partial charge in [0.15, 0.2) is 0 Å². The van der Waals surface area contributed by atoms with Crippen LogP contribution in [0.3, 0.4) is 0 Å². The van der Waals surface area contributed by atoms with Crippen LogP contribution in [0.2, 0.25) is 0 Å². The van der Waals surface area contributed by atoms with E-state index >= 15 is 0 Å². The topological polar surface area (TPSA) is 89.7 Å². The molecule has 0 spiro atoms. The first-order chi connectivity index (χ1) is 15.6. The zero-order valence-electron chi connectivity index (χ0n) is 17.6. The summed E-state index contributed by atoms with van der Waals surface area (Å²) in [6, 6.07) is 22.6. The third kappa shape index (κ3) is 4.98. The zero-order valence-corrected chi connectivity index (χ0v) is 17.6. The van der Waals surface area contributed by atoms with Gasteiger partial charge in [0.05, 0.1) is 24.0 Å². The lowest BCUT2D eigenvalue weighted by Crippen LogP contribution is -2.38. The maximum Gasteiger partial charge on any atom is 0.412 e. The predicted octanol–water partition coefficient (Wildman–Crippen LogP) is 4.69. The smallest absolute Gasteiger partial charge is 0.412 e. The van der Waals surface area contributed by atoms with Gasteiger partial charge in [-0.1, -0.05) is 42.5 Å². The maximum absolute atomic E-state index is 11.8. The molecular weight excluding hydrogens is 404 g/mol. The van der Waals surface area contributed by atoms with Gasteiger partial charge < -0.3 is 14.7 Å². The number of anilines is 2. The van der Waals surface area contributed by atoms with Crippen molar-refractivity contribution in [2.45, 2.75) is 25.5 Å². The highest BCUT2D eigenvalue weighted by atomic mass is 16.5. The molecule has 0 saturated carbocycles. The predicted molar refractivity (Wildman–Crippen MR) is 122 cm³/mol. The van der Waals surface area contributed by atoms with E-state index in [9.17, 15) is 15.2 Å². The lowest BCUT2D eigenvalue weighted by molar-refractivity contribution is 0.170. The minimum absolute atomic E-state index is 0.0494. The fourth-order valence-corrected chi connectivity index (χ4v) is 3.80. The standard InChI is InChI=1S/C25H24N4O3/c26-16-20-8-4-5-9-23(20)32-22-12-14-28(15-13-22)24-11-10-21(17-27-24)29(25(30)31)18-19-6-2-1-3-7-19/h1-11,17,22H,12-15,18H2,(H,30,31). The van der Waals surface area contributed by atoms with Gasteiger partial charge in [-0.2, -0.15) is 5.26 Å². The van der Waals surface area contributed by atoms with E-state index in [-0.39, 0.29) is 12.6 Å². The molecule has 7 nitrogen and oxygen atoms in total. The number of para-hydroxylation sites is 1. The number of aromatic nitrogens is 1. The average molecular weight is 428 g/mol. The van der Waals surface area contributed by atoms with Crippen LogP contribution in [0.5, 0.6) is 5.75 Å². The first-order valence-electron chi connectivity index (χ1n) is 10.5. The number of benzene rings is 2. The van der Waals surface area contributed by atoms with E-state index in [0.29, 0.717) is 17.0 Å². The van der Waals surface area contributed by atoms with Crippen LogP contribution in [0, 0.1) is 11.3 Å². The van der Waals surface area contributed by atoms with Gasteiger partial charge in [-0.05, 0) is 29.8 Å². The number of ether oxygens (including phenoxy) is 1. The summed E-state index contributed by atoms with van der Waals surface area (Å²) >= 11 is 0. The number of amides is 1. The van der Waals surface area contributed by atoms with E-state index in [1.54, 1.807) is 18.3 Å². The molecule has 0 bridgehead atoms. The van der Waals surface area contributed by atoms with Gasteiger partial charge in [0.1, 0.15) is 23.7 Å². The highest BCUT2D eigenvalue weighted by molar-refractivity contribution is 5.85. The van der Waals surface area contributed by atoms with Gasteiger partial charge in [-0.25, -0.2) is 9.78 Å². The second-order valence-corrected chi connectivity index (χ2v) is 7.64. The SMILES string of the molecule is N#Cc1ccccc1OC1CCN(c2ccc(N(Cc3ccccc3)C(=O)O)cn2)CC1. The molecule has 1 amide bonds. The Hall–Kier alpha value is -4.05. The van der Waals surface area contributed by atoms with Gasteiger partial charge >= 0.3 is 6.09 Å². The fraction of sp³-hybridized carbons (Fsp3) is 0.240. The number of piperidine rings is 1. The zero-order chi connectivity index (χ0) is 22.3. The van der Waals surface area contributed by atoms with Crippen LogP contribution in [0.1, 0.15) is 24.0 Å². The summed E-state index contributed by atoms with van der Waals surface area (Å²) in [4.78, 5) is 19.8. The van der Waals surface area contributed by atoms with E-state index in [2.05, 4.69) is 16.0 Å². The lowest BCUT2D eigenvalue weighted by atomic mass is 10.1. The third-order valence-corrected chi connectivity index (χ3v) is 5.53. The number of hydrogen-bond acceptors (Lipinski definition) is 5. The summed E-state index contributed by atoms with van der Waals surface area (Å²) in [5.74, 6) is 1.44. The number of nitrogens with zero attached hydrogens (tertiary/aromatic N) is 4. The molecule has 3 aromatic rings. The van der Waals surface area contributed by atoms with Crippen LogP contribution in [0.4, 0.5) is 16.3 Å². The van der Waals surface area contributed by atoms with E-state index in [1.807, 2.05) is 54.6 Å². The second-order valence-electron chi connectivity index (χ2n) is 7.64. The molecular formula is C25H24N4O3. The molecule has 1 saturated heterocycles. The molecule has 0 unspecified atom stereocenters. The number of carbonyl (C=O) groups is 1. The Labute approximate surface area is 187 Å². The molecule has 4 rings (SSSR count). The molecule has 162 valence electrons. The summed E-state index contributed by atoms with van der Waals surface area (Å²) in [5.41, 5.74) is 2.00. The summed E-state index contributed by atoms with van der Waals surface area (Å²) in [6.07, 6.45) is 2.28. The van der Waals surface area contributed by atoms with Crippen LogP contribution >= 0.6 is 0 Å². The summed E-state index contributed by atoms with van der Waals surface area (Å²) in [5, 5.41) is 18.9. The van der Waals surface area contributed by atoms with Crippen LogP contribution in [0.15, 0.2) is 72.9 Å². The highest BCUT2D eigenvalue weighted by Gasteiger charge is 2.23. The van der Waals surface area contributed by atoms with E-state index in [4.69, 9.17) is 4.74 Å². The molecule has 1 N–H and O–H groups in total. The summed E-state index contributed by atoms with van der Waals surface area (Å²) in [6.45, 7) is 1.82. The Morgan fingerprint density at radius 1 is 1.09 bits per heavy atom. The summed E-state index contributed by atoms with van der Waals surface area (Å²) < 4.78 is 6.05. The van der Waals surface area contributed by atoms with Gasteiger partial charge in [-0.15, -0.1) is 0 Å². The largest absolute Gasteiger partial charge is 0.489 e. The molecule has 0 atom stereocenters. The van der Waals surface area contributed by atoms with E-state index in [1.165, 1.54) is 4.90 Å². The molecule has 1 aliphatic rings. The molecule has 32 heavy (non-hydrogen) atoms. The maximum atomic E-state index is 11.8. The van der Waals surface area contributed by atoms with Crippen molar-refractivity contribution in [3.8, 4) is 11.8 Å². The fourth-order valence-electron chi connectivity index (χ4n) is 3.80. The van der Waals surface area contributed by atoms with Crippen molar-refractivity contribution in [1.29, 1.82) is 5.26 Å². The Kier molecular flexibility index (Phi) is 6.52. The number of nitriles is 1. The molecule has 1 fully saturated rings. The van der Waals surface area contributed by atoms with Crippen molar-refractivity contribution in [2.24, 2.45) is 0 Å². The normalized spacial score (nSPS) is 13.9. The minimum atomic E-state index is -1.01. The molecule has 0 aliphatic carbocycles. The molecule has 2 aromatic carbocycles. The Morgan fingerprint density at radius 3 is 2.47 bits per heavy atom. The van der Waals surface area contributed by atoms with Crippen LogP contribution in [-0.2, 0) is 6.54 Å². The quantitative estimate of drug-likeness (QED) is 0.613. The number of pyridine rings is 1. The second kappa shape index (κ2) is 9.84. The Morgan fingerprint density at radius 2 is 1.81 bits per heavy atom. The van der Waals surface area contributed by atoms with Crippen molar-refractivity contribution in [1.82, 2.24) is 4.98 Å². The Balaban J connectivity index is 1.37. The number of hydrogen-bond donors (Lipinski definition) is 1. The van der Waals surface area contributed by atoms with E-state index in [0.717, 1.165) is 37.3 Å².